The summed E-state index contributed by atoms with van der Waals surface area (Å²) in [6.45, 7) is 6.27. The standard InChI is InChI=1S/C9H13N3S/c1-5(2)7-4-13-9-11-6(3)8(10)12(7)9/h4-5H,10H2,1-3H3. The van der Waals surface area contributed by atoms with Crippen LogP contribution in [0.3, 0.4) is 0 Å². The van der Waals surface area contributed by atoms with Crippen molar-refractivity contribution in [2.75, 3.05) is 5.73 Å². The molecular formula is C9H13N3S. The Morgan fingerprint density at radius 1 is 1.54 bits per heavy atom. The number of nitrogens with zero attached hydrogens (tertiary/aromatic N) is 2. The first-order valence-corrected chi connectivity index (χ1v) is 5.21. The molecule has 0 atom stereocenters. The summed E-state index contributed by atoms with van der Waals surface area (Å²) >= 11 is 1.65. The number of nitrogen functional groups attached to an aromatic ring is 1. The molecule has 0 aliphatic rings. The molecule has 70 valence electrons. The zero-order chi connectivity index (χ0) is 9.59. The lowest BCUT2D eigenvalue weighted by Crippen LogP contribution is -1.98. The van der Waals surface area contributed by atoms with Gasteiger partial charge in [0.2, 0.25) is 0 Å². The minimum Gasteiger partial charge on any atom is -0.383 e. The Hall–Kier alpha value is -1.03. The van der Waals surface area contributed by atoms with Crippen molar-refractivity contribution in [1.82, 2.24) is 9.38 Å². The van der Waals surface area contributed by atoms with Crippen molar-refractivity contribution in [2.24, 2.45) is 0 Å². The summed E-state index contributed by atoms with van der Waals surface area (Å²) in [5.74, 6) is 1.27. The third-order valence-electron chi connectivity index (χ3n) is 2.20. The minimum atomic E-state index is 0.490. The van der Waals surface area contributed by atoms with Gasteiger partial charge in [0.15, 0.2) is 4.96 Å². The van der Waals surface area contributed by atoms with Crippen LogP contribution in [-0.4, -0.2) is 9.38 Å². The van der Waals surface area contributed by atoms with E-state index in [0.717, 1.165) is 16.5 Å². The first kappa shape index (κ1) is 8.56. The fourth-order valence-electron chi connectivity index (χ4n) is 1.40. The quantitative estimate of drug-likeness (QED) is 0.759. The summed E-state index contributed by atoms with van der Waals surface area (Å²) in [6.07, 6.45) is 0. The molecule has 3 nitrogen and oxygen atoms in total. The molecule has 0 bridgehead atoms. The van der Waals surface area contributed by atoms with Crippen molar-refractivity contribution >= 4 is 22.1 Å². The van der Waals surface area contributed by atoms with E-state index >= 15 is 0 Å². The second-order valence-electron chi connectivity index (χ2n) is 3.52. The highest BCUT2D eigenvalue weighted by Gasteiger charge is 2.12. The van der Waals surface area contributed by atoms with Gasteiger partial charge in [0.25, 0.3) is 0 Å². The second-order valence-corrected chi connectivity index (χ2v) is 4.35. The van der Waals surface area contributed by atoms with Gasteiger partial charge >= 0.3 is 0 Å². The van der Waals surface area contributed by atoms with E-state index < -0.39 is 0 Å². The smallest absolute Gasteiger partial charge is 0.195 e. The molecule has 13 heavy (non-hydrogen) atoms. The zero-order valence-electron chi connectivity index (χ0n) is 8.03. The number of rotatable bonds is 1. The number of aromatic nitrogens is 2. The van der Waals surface area contributed by atoms with E-state index in [1.54, 1.807) is 11.3 Å². The van der Waals surface area contributed by atoms with Crippen LogP contribution in [0, 0.1) is 6.92 Å². The van der Waals surface area contributed by atoms with E-state index in [1.807, 2.05) is 11.3 Å². The Balaban J connectivity index is 2.78. The average molecular weight is 195 g/mol. The van der Waals surface area contributed by atoms with E-state index in [4.69, 9.17) is 5.73 Å². The first-order valence-electron chi connectivity index (χ1n) is 4.33. The number of anilines is 1. The molecule has 0 radical (unpaired) electrons. The molecule has 4 heteroatoms. The summed E-state index contributed by atoms with van der Waals surface area (Å²) in [5.41, 5.74) is 8.10. The summed E-state index contributed by atoms with van der Waals surface area (Å²) < 4.78 is 2.05. The van der Waals surface area contributed by atoms with Crippen molar-refractivity contribution in [3.05, 3.63) is 16.8 Å². The van der Waals surface area contributed by atoms with Gasteiger partial charge in [-0.15, -0.1) is 11.3 Å². The van der Waals surface area contributed by atoms with Crippen LogP contribution in [0.4, 0.5) is 5.82 Å². The normalized spacial score (nSPS) is 11.7. The van der Waals surface area contributed by atoms with E-state index in [0.29, 0.717) is 5.92 Å². The monoisotopic (exact) mass is 195 g/mol. The van der Waals surface area contributed by atoms with Crippen LogP contribution < -0.4 is 5.73 Å². The van der Waals surface area contributed by atoms with Gasteiger partial charge in [0.1, 0.15) is 5.82 Å². The molecule has 0 aromatic carbocycles. The minimum absolute atomic E-state index is 0.490. The number of thiazole rings is 1. The highest BCUT2D eigenvalue weighted by molar-refractivity contribution is 7.15. The van der Waals surface area contributed by atoms with E-state index in [-0.39, 0.29) is 0 Å². The average Bonchev–Trinajstić information content (AvgIpc) is 2.55. The molecule has 2 N–H and O–H groups in total. The van der Waals surface area contributed by atoms with Crippen LogP contribution in [-0.2, 0) is 0 Å². The molecule has 0 saturated heterocycles. The summed E-state index contributed by atoms with van der Waals surface area (Å²) in [7, 11) is 0. The van der Waals surface area contributed by atoms with Gasteiger partial charge < -0.3 is 5.73 Å². The summed E-state index contributed by atoms with van der Waals surface area (Å²) in [5, 5.41) is 2.13. The highest BCUT2D eigenvalue weighted by Crippen LogP contribution is 2.26. The number of imidazole rings is 1. The summed E-state index contributed by atoms with van der Waals surface area (Å²) in [6, 6.07) is 0. The van der Waals surface area contributed by atoms with Crippen LogP contribution in [0.2, 0.25) is 0 Å². The molecule has 0 fully saturated rings. The Labute approximate surface area is 81.2 Å². The molecule has 2 heterocycles. The maximum absolute atomic E-state index is 5.93. The van der Waals surface area contributed by atoms with E-state index in [2.05, 4.69) is 24.2 Å². The Bertz CT molecular complexity index is 439. The molecule has 0 aliphatic carbocycles. The van der Waals surface area contributed by atoms with Crippen LogP contribution in [0.5, 0.6) is 0 Å². The van der Waals surface area contributed by atoms with E-state index in [9.17, 15) is 0 Å². The van der Waals surface area contributed by atoms with Gasteiger partial charge in [0, 0.05) is 11.1 Å². The van der Waals surface area contributed by atoms with Crippen molar-refractivity contribution < 1.29 is 0 Å². The highest BCUT2D eigenvalue weighted by atomic mass is 32.1. The molecule has 0 saturated carbocycles. The van der Waals surface area contributed by atoms with Gasteiger partial charge in [-0.3, -0.25) is 4.40 Å². The van der Waals surface area contributed by atoms with Crippen LogP contribution in [0.1, 0.15) is 31.2 Å². The molecule has 0 spiro atoms. The maximum atomic E-state index is 5.93. The maximum Gasteiger partial charge on any atom is 0.195 e. The van der Waals surface area contributed by atoms with Crippen molar-refractivity contribution in [3.63, 3.8) is 0 Å². The van der Waals surface area contributed by atoms with Crippen molar-refractivity contribution in [2.45, 2.75) is 26.7 Å². The number of nitrogens with two attached hydrogens (primary N) is 1. The van der Waals surface area contributed by atoms with Gasteiger partial charge in [-0.05, 0) is 12.8 Å². The number of hydrogen-bond donors (Lipinski definition) is 1. The SMILES string of the molecule is Cc1nc2scc(C(C)C)n2c1N. The number of aryl methyl sites for hydroxylation is 1. The fourth-order valence-corrected chi connectivity index (χ4v) is 2.51. The van der Waals surface area contributed by atoms with Crippen LogP contribution >= 0.6 is 11.3 Å². The predicted octanol–water partition coefficient (Wildman–Crippen LogP) is 2.41. The lowest BCUT2D eigenvalue weighted by molar-refractivity contribution is 0.814. The third-order valence-corrected chi connectivity index (χ3v) is 3.05. The molecule has 0 unspecified atom stereocenters. The molecule has 2 rings (SSSR count). The van der Waals surface area contributed by atoms with Crippen LogP contribution in [0.15, 0.2) is 5.38 Å². The third kappa shape index (κ3) is 1.13. The van der Waals surface area contributed by atoms with Gasteiger partial charge in [0.05, 0.1) is 5.69 Å². The Morgan fingerprint density at radius 3 is 2.85 bits per heavy atom. The zero-order valence-corrected chi connectivity index (χ0v) is 8.85. The largest absolute Gasteiger partial charge is 0.383 e. The molecular weight excluding hydrogens is 182 g/mol. The lowest BCUT2D eigenvalue weighted by Gasteiger charge is -2.03. The van der Waals surface area contributed by atoms with E-state index in [1.165, 1.54) is 5.69 Å². The predicted molar refractivity (Wildman–Crippen MR) is 56.3 cm³/mol. The van der Waals surface area contributed by atoms with Crippen molar-refractivity contribution in [1.29, 1.82) is 0 Å². The summed E-state index contributed by atoms with van der Waals surface area (Å²) in [4.78, 5) is 5.37. The number of fused-ring (bicyclic) bond motifs is 1. The lowest BCUT2D eigenvalue weighted by atomic mass is 10.2. The molecule has 0 aliphatic heterocycles. The Kier molecular flexibility index (Phi) is 1.80. The Morgan fingerprint density at radius 2 is 2.23 bits per heavy atom. The number of hydrogen-bond acceptors (Lipinski definition) is 3. The molecule has 2 aromatic rings. The van der Waals surface area contributed by atoms with Gasteiger partial charge in [-0.1, -0.05) is 13.8 Å². The van der Waals surface area contributed by atoms with Gasteiger partial charge in [-0.25, -0.2) is 4.98 Å². The topological polar surface area (TPSA) is 43.3 Å². The fraction of sp³-hybridized carbons (Fsp3) is 0.444. The second kappa shape index (κ2) is 2.73. The first-order chi connectivity index (χ1) is 6.11. The molecule has 0 amide bonds. The molecule has 2 aromatic heterocycles. The van der Waals surface area contributed by atoms with Gasteiger partial charge in [-0.2, -0.15) is 0 Å². The van der Waals surface area contributed by atoms with Crippen molar-refractivity contribution in [3.8, 4) is 0 Å². The van der Waals surface area contributed by atoms with Crippen LogP contribution in [0.25, 0.3) is 4.96 Å².